The number of rotatable bonds is 22. The quantitative estimate of drug-likeness (QED) is 0.189. The molecule has 0 spiro atoms. The lowest BCUT2D eigenvalue weighted by atomic mass is 10.0. The smallest absolute Gasteiger partial charge is 0.303 e. The zero-order valence-corrected chi connectivity index (χ0v) is 19.5. The fraction of sp³-hybridized carbons (Fsp3) is 0.960. The number of carboxylic acids is 1. The van der Waals surface area contributed by atoms with Gasteiger partial charge in [0.05, 0.1) is 0 Å². The fourth-order valence-electron chi connectivity index (χ4n) is 4.15. The van der Waals surface area contributed by atoms with E-state index in [9.17, 15) is 4.79 Å². The Morgan fingerprint density at radius 1 is 0.643 bits per heavy atom. The third-order valence-corrected chi connectivity index (χ3v) is 5.93. The molecule has 1 unspecified atom stereocenters. The van der Waals surface area contributed by atoms with Crippen LogP contribution in [0.1, 0.15) is 136 Å². The average Bonchev–Trinajstić information content (AvgIpc) is 2.68. The fourth-order valence-corrected chi connectivity index (χ4v) is 4.15. The predicted octanol–water partition coefficient (Wildman–Crippen LogP) is 7.82. The minimum atomic E-state index is -0.645. The Bertz CT molecular complexity index is 315. The van der Waals surface area contributed by atoms with Crippen LogP contribution < -0.4 is 0 Å². The Balaban J connectivity index is 4.30. The van der Waals surface area contributed by atoms with E-state index >= 15 is 0 Å². The summed E-state index contributed by atoms with van der Waals surface area (Å²) in [7, 11) is 0. The zero-order chi connectivity index (χ0) is 20.9. The normalized spacial score (nSPS) is 12.6. The maximum absolute atomic E-state index is 11.1. The van der Waals surface area contributed by atoms with E-state index in [1.165, 1.54) is 89.9 Å². The first-order valence-corrected chi connectivity index (χ1v) is 12.6. The van der Waals surface area contributed by atoms with Gasteiger partial charge < -0.3 is 10.0 Å². The van der Waals surface area contributed by atoms with Gasteiger partial charge in [-0.15, -0.1) is 0 Å². The largest absolute Gasteiger partial charge is 0.481 e. The third kappa shape index (κ3) is 17.5. The van der Waals surface area contributed by atoms with E-state index in [4.69, 9.17) is 5.11 Å². The Hall–Kier alpha value is -0.570. The number of nitrogens with zero attached hydrogens (tertiary/aromatic N) is 1. The molecule has 0 aliphatic rings. The van der Waals surface area contributed by atoms with Crippen molar-refractivity contribution in [3.8, 4) is 0 Å². The second-order valence-electron chi connectivity index (χ2n) is 8.65. The van der Waals surface area contributed by atoms with Crippen LogP contribution in [0.25, 0.3) is 0 Å². The highest BCUT2D eigenvalue weighted by molar-refractivity contribution is 5.66. The summed E-state index contributed by atoms with van der Waals surface area (Å²) in [4.78, 5) is 13.7. The van der Waals surface area contributed by atoms with Gasteiger partial charge in [-0.1, -0.05) is 104 Å². The van der Waals surface area contributed by atoms with Gasteiger partial charge in [0.25, 0.3) is 0 Å². The highest BCUT2D eigenvalue weighted by atomic mass is 16.4. The van der Waals surface area contributed by atoms with E-state index in [0.717, 1.165) is 32.4 Å². The summed E-state index contributed by atoms with van der Waals surface area (Å²) in [6, 6.07) is 0.460. The third-order valence-electron chi connectivity index (χ3n) is 5.93. The Morgan fingerprint density at radius 3 is 1.46 bits per heavy atom. The van der Waals surface area contributed by atoms with Gasteiger partial charge in [0, 0.05) is 12.5 Å². The lowest BCUT2D eigenvalue weighted by Gasteiger charge is -2.32. The number of carboxylic acid groups (broad SMARTS) is 1. The minimum absolute atomic E-state index is 0.315. The molecule has 0 saturated heterocycles. The number of carbonyl (C=O) groups is 1. The van der Waals surface area contributed by atoms with E-state index in [1.807, 2.05) is 0 Å². The second kappa shape index (κ2) is 21.1. The lowest BCUT2D eigenvalue weighted by molar-refractivity contribution is -0.137. The van der Waals surface area contributed by atoms with Crippen LogP contribution in [0, 0.1) is 0 Å². The van der Waals surface area contributed by atoms with Crippen molar-refractivity contribution in [3.05, 3.63) is 0 Å². The van der Waals surface area contributed by atoms with Crippen LogP contribution in [0.5, 0.6) is 0 Å². The van der Waals surface area contributed by atoms with Crippen LogP contribution in [0.15, 0.2) is 0 Å². The monoisotopic (exact) mass is 397 g/mol. The molecule has 3 nitrogen and oxygen atoms in total. The van der Waals surface area contributed by atoms with E-state index in [0.29, 0.717) is 12.5 Å². The van der Waals surface area contributed by atoms with Gasteiger partial charge in [0.15, 0.2) is 0 Å². The molecular formula is C25H51NO2. The van der Waals surface area contributed by atoms with Crippen molar-refractivity contribution in [2.75, 3.05) is 13.1 Å². The van der Waals surface area contributed by atoms with E-state index < -0.39 is 5.97 Å². The molecule has 0 fully saturated rings. The molecule has 0 bridgehead atoms. The van der Waals surface area contributed by atoms with Crippen molar-refractivity contribution in [1.29, 1.82) is 0 Å². The first-order chi connectivity index (χ1) is 13.7. The van der Waals surface area contributed by atoms with Crippen molar-refractivity contribution >= 4 is 5.97 Å². The molecule has 1 atom stereocenters. The SMILES string of the molecule is CCCCCCCCCN(CCCCCCCCC)C(CCC)CCC(=O)O. The highest BCUT2D eigenvalue weighted by Gasteiger charge is 2.18. The minimum Gasteiger partial charge on any atom is -0.481 e. The summed E-state index contributed by atoms with van der Waals surface area (Å²) in [5.41, 5.74) is 0. The summed E-state index contributed by atoms with van der Waals surface area (Å²) in [5.74, 6) is -0.645. The average molecular weight is 398 g/mol. The van der Waals surface area contributed by atoms with Crippen LogP contribution in [-0.2, 0) is 4.79 Å². The maximum atomic E-state index is 11.1. The summed E-state index contributed by atoms with van der Waals surface area (Å²) < 4.78 is 0. The number of aliphatic carboxylic acids is 1. The molecule has 0 radical (unpaired) electrons. The van der Waals surface area contributed by atoms with E-state index in [1.54, 1.807) is 0 Å². The number of hydrogen-bond donors (Lipinski definition) is 1. The van der Waals surface area contributed by atoms with E-state index in [2.05, 4.69) is 25.7 Å². The summed E-state index contributed by atoms with van der Waals surface area (Å²) in [6.45, 7) is 9.09. The van der Waals surface area contributed by atoms with Gasteiger partial charge in [0.2, 0.25) is 0 Å². The molecule has 1 N–H and O–H groups in total. The van der Waals surface area contributed by atoms with Gasteiger partial charge >= 0.3 is 5.97 Å². The standard InChI is InChI=1S/C25H51NO2/c1-4-7-9-11-13-15-17-22-26(23-18-16-14-12-10-8-5-2)24(19-6-3)20-21-25(27)28/h24H,4-23H2,1-3H3,(H,27,28). The molecule has 0 amide bonds. The molecule has 0 heterocycles. The molecule has 28 heavy (non-hydrogen) atoms. The lowest BCUT2D eigenvalue weighted by Crippen LogP contribution is -2.37. The summed E-state index contributed by atoms with van der Waals surface area (Å²) in [5, 5.41) is 9.13. The van der Waals surface area contributed by atoms with Gasteiger partial charge in [-0.2, -0.15) is 0 Å². The van der Waals surface area contributed by atoms with Crippen LogP contribution in [0.3, 0.4) is 0 Å². The Labute approximate surface area is 176 Å². The zero-order valence-electron chi connectivity index (χ0n) is 19.5. The number of hydrogen-bond acceptors (Lipinski definition) is 2. The molecule has 0 saturated carbocycles. The molecular weight excluding hydrogens is 346 g/mol. The van der Waals surface area contributed by atoms with Crippen LogP contribution in [-0.4, -0.2) is 35.1 Å². The summed E-state index contributed by atoms with van der Waals surface area (Å²) >= 11 is 0. The molecule has 0 aliphatic carbocycles. The first kappa shape index (κ1) is 27.4. The molecule has 3 heteroatoms. The van der Waals surface area contributed by atoms with Crippen LogP contribution >= 0.6 is 0 Å². The van der Waals surface area contributed by atoms with Crippen molar-refractivity contribution in [2.24, 2.45) is 0 Å². The summed E-state index contributed by atoms with van der Waals surface area (Å²) in [6.07, 6.45) is 22.2. The molecule has 0 aromatic heterocycles. The van der Waals surface area contributed by atoms with E-state index in [-0.39, 0.29) is 0 Å². The van der Waals surface area contributed by atoms with Gasteiger partial charge in [-0.3, -0.25) is 4.79 Å². The number of unbranched alkanes of at least 4 members (excludes halogenated alkanes) is 12. The first-order valence-electron chi connectivity index (χ1n) is 12.6. The second-order valence-corrected chi connectivity index (χ2v) is 8.65. The van der Waals surface area contributed by atoms with Crippen molar-refractivity contribution in [2.45, 2.75) is 142 Å². The molecule has 168 valence electrons. The highest BCUT2D eigenvalue weighted by Crippen LogP contribution is 2.17. The predicted molar refractivity (Wildman–Crippen MR) is 123 cm³/mol. The van der Waals surface area contributed by atoms with Crippen molar-refractivity contribution in [1.82, 2.24) is 4.90 Å². The van der Waals surface area contributed by atoms with Crippen molar-refractivity contribution in [3.63, 3.8) is 0 Å². The van der Waals surface area contributed by atoms with Crippen LogP contribution in [0.2, 0.25) is 0 Å². The topological polar surface area (TPSA) is 40.5 Å². The van der Waals surface area contributed by atoms with Gasteiger partial charge in [-0.05, 0) is 38.8 Å². The van der Waals surface area contributed by atoms with Gasteiger partial charge in [-0.25, -0.2) is 0 Å². The maximum Gasteiger partial charge on any atom is 0.303 e. The molecule has 0 aliphatic heterocycles. The molecule has 0 rings (SSSR count). The Morgan fingerprint density at radius 2 is 1.07 bits per heavy atom. The molecule has 0 aromatic rings. The van der Waals surface area contributed by atoms with Crippen LogP contribution in [0.4, 0.5) is 0 Å². The molecule has 0 aromatic carbocycles. The Kier molecular flexibility index (Phi) is 20.7. The van der Waals surface area contributed by atoms with Crippen molar-refractivity contribution < 1.29 is 9.90 Å². The van der Waals surface area contributed by atoms with Gasteiger partial charge in [0.1, 0.15) is 0 Å².